The van der Waals surface area contributed by atoms with E-state index in [1.807, 2.05) is 60.7 Å². The minimum Gasteiger partial charge on any atom is -0.507 e. The number of hydrogen-bond donors (Lipinski definition) is 2. The quantitative estimate of drug-likeness (QED) is 0.497. The first-order valence-corrected chi connectivity index (χ1v) is 8.57. The van der Waals surface area contributed by atoms with E-state index in [1.54, 1.807) is 13.2 Å². The van der Waals surface area contributed by atoms with Crippen LogP contribution >= 0.6 is 0 Å². The van der Waals surface area contributed by atoms with Crippen molar-refractivity contribution in [3.05, 3.63) is 89.5 Å². The van der Waals surface area contributed by atoms with Crippen LogP contribution in [-0.4, -0.2) is 17.9 Å². The summed E-state index contributed by atoms with van der Waals surface area (Å²) in [6, 6.07) is 23.1. The van der Waals surface area contributed by atoms with Crippen LogP contribution in [0.1, 0.15) is 23.6 Å². The predicted octanol–water partition coefficient (Wildman–Crippen LogP) is 4.83. The van der Waals surface area contributed by atoms with Crippen LogP contribution in [-0.2, 0) is 6.42 Å². The summed E-state index contributed by atoms with van der Waals surface area (Å²) in [6.07, 6.45) is 0.910. The van der Waals surface area contributed by atoms with Gasteiger partial charge in [-0.2, -0.15) is 5.10 Å². The summed E-state index contributed by atoms with van der Waals surface area (Å²) in [5.74, 6) is 0.723. The number of phenolic OH excluding ortho intramolecular Hbond substituents is 1. The number of ether oxygens (including phenoxy) is 1. The molecule has 4 nitrogen and oxygen atoms in total. The van der Waals surface area contributed by atoms with Gasteiger partial charge in [-0.1, -0.05) is 55.5 Å². The fraction of sp³-hybridized carbons (Fsp3) is 0.136. The zero-order chi connectivity index (χ0) is 18.4. The van der Waals surface area contributed by atoms with Crippen LogP contribution in [0.25, 0.3) is 0 Å². The van der Waals surface area contributed by atoms with E-state index < -0.39 is 0 Å². The molecule has 26 heavy (non-hydrogen) atoms. The lowest BCUT2D eigenvalue weighted by Gasteiger charge is -2.12. The number of anilines is 1. The maximum Gasteiger partial charge on any atom is 0.128 e. The molecule has 3 aromatic carbocycles. The number of hydrogen-bond acceptors (Lipinski definition) is 4. The van der Waals surface area contributed by atoms with Gasteiger partial charge in [0, 0.05) is 17.2 Å². The molecule has 0 radical (unpaired) electrons. The molecule has 0 aliphatic carbocycles. The Morgan fingerprint density at radius 1 is 1.00 bits per heavy atom. The second-order valence-electron chi connectivity index (χ2n) is 5.83. The third-order valence-electron chi connectivity index (χ3n) is 4.19. The summed E-state index contributed by atoms with van der Waals surface area (Å²) in [5.41, 5.74) is 7.51. The van der Waals surface area contributed by atoms with Gasteiger partial charge < -0.3 is 9.84 Å². The number of rotatable bonds is 6. The Hall–Kier alpha value is -3.27. The van der Waals surface area contributed by atoms with Crippen molar-refractivity contribution in [2.75, 3.05) is 12.5 Å². The fourth-order valence-electron chi connectivity index (χ4n) is 2.77. The number of nitrogens with zero attached hydrogens (tertiary/aromatic N) is 1. The Bertz CT molecular complexity index is 905. The Morgan fingerprint density at radius 3 is 2.42 bits per heavy atom. The van der Waals surface area contributed by atoms with Crippen molar-refractivity contribution in [2.45, 2.75) is 13.3 Å². The van der Waals surface area contributed by atoms with Gasteiger partial charge in [-0.05, 0) is 30.2 Å². The van der Waals surface area contributed by atoms with Gasteiger partial charge in [0.25, 0.3) is 0 Å². The molecule has 3 rings (SSSR count). The van der Waals surface area contributed by atoms with E-state index in [1.165, 1.54) is 5.56 Å². The maximum absolute atomic E-state index is 10.5. The van der Waals surface area contributed by atoms with Crippen LogP contribution in [0.15, 0.2) is 77.9 Å². The first-order chi connectivity index (χ1) is 12.7. The molecule has 4 heteroatoms. The Kier molecular flexibility index (Phi) is 5.54. The van der Waals surface area contributed by atoms with Crippen LogP contribution in [0.4, 0.5) is 5.69 Å². The molecule has 0 amide bonds. The second-order valence-corrected chi connectivity index (χ2v) is 5.83. The van der Waals surface area contributed by atoms with Crippen LogP contribution in [0.5, 0.6) is 11.5 Å². The van der Waals surface area contributed by atoms with Crippen molar-refractivity contribution in [2.24, 2.45) is 5.10 Å². The number of methoxy groups -OCH3 is 1. The van der Waals surface area contributed by atoms with Crippen molar-refractivity contribution in [1.29, 1.82) is 0 Å². The van der Waals surface area contributed by atoms with Gasteiger partial charge in [0.15, 0.2) is 0 Å². The number of phenols is 1. The first kappa shape index (κ1) is 17.5. The maximum atomic E-state index is 10.5. The molecule has 0 aliphatic heterocycles. The third kappa shape index (κ3) is 3.86. The predicted molar refractivity (Wildman–Crippen MR) is 106 cm³/mol. The molecule has 0 heterocycles. The van der Waals surface area contributed by atoms with Crippen molar-refractivity contribution >= 4 is 11.4 Å². The largest absolute Gasteiger partial charge is 0.507 e. The zero-order valence-corrected chi connectivity index (χ0v) is 14.9. The molecule has 2 N–H and O–H groups in total. The van der Waals surface area contributed by atoms with Gasteiger partial charge in [-0.3, -0.25) is 5.43 Å². The van der Waals surface area contributed by atoms with E-state index >= 15 is 0 Å². The summed E-state index contributed by atoms with van der Waals surface area (Å²) in [6.45, 7) is 2.11. The average Bonchev–Trinajstić information content (AvgIpc) is 2.70. The second kappa shape index (κ2) is 8.21. The number of para-hydroxylation sites is 1. The number of aromatic hydroxyl groups is 1. The van der Waals surface area contributed by atoms with Crippen LogP contribution in [0.2, 0.25) is 0 Å². The molecule has 0 aliphatic rings. The molecule has 0 aromatic heterocycles. The molecule has 3 aromatic rings. The highest BCUT2D eigenvalue weighted by molar-refractivity contribution is 6.14. The van der Waals surface area contributed by atoms with Gasteiger partial charge in [0.05, 0.1) is 12.8 Å². The minimum absolute atomic E-state index is 0.123. The Labute approximate surface area is 153 Å². The molecule has 0 fully saturated rings. The lowest BCUT2D eigenvalue weighted by atomic mass is 10.0. The molecule has 0 saturated carbocycles. The average molecular weight is 346 g/mol. The van der Waals surface area contributed by atoms with Gasteiger partial charge in [0.1, 0.15) is 17.2 Å². The lowest BCUT2D eigenvalue weighted by molar-refractivity contribution is 0.407. The van der Waals surface area contributed by atoms with Crippen molar-refractivity contribution in [3.8, 4) is 11.5 Å². The smallest absolute Gasteiger partial charge is 0.128 e. The molecular formula is C22H22N2O2. The van der Waals surface area contributed by atoms with E-state index in [2.05, 4.69) is 23.5 Å². The summed E-state index contributed by atoms with van der Waals surface area (Å²) >= 11 is 0. The monoisotopic (exact) mass is 346 g/mol. The molecular weight excluding hydrogens is 324 g/mol. The van der Waals surface area contributed by atoms with E-state index in [0.29, 0.717) is 17.0 Å². The molecule has 0 spiro atoms. The summed E-state index contributed by atoms with van der Waals surface area (Å²) in [7, 11) is 1.57. The van der Waals surface area contributed by atoms with Crippen LogP contribution in [0.3, 0.4) is 0 Å². The van der Waals surface area contributed by atoms with Crippen LogP contribution in [0, 0.1) is 0 Å². The molecule has 0 unspecified atom stereocenters. The Morgan fingerprint density at radius 2 is 1.73 bits per heavy atom. The van der Waals surface area contributed by atoms with E-state index in [-0.39, 0.29) is 5.75 Å². The van der Waals surface area contributed by atoms with Crippen molar-refractivity contribution < 1.29 is 9.84 Å². The molecule has 132 valence electrons. The van der Waals surface area contributed by atoms with E-state index in [4.69, 9.17) is 4.74 Å². The van der Waals surface area contributed by atoms with Gasteiger partial charge in [-0.15, -0.1) is 0 Å². The fourth-order valence-corrected chi connectivity index (χ4v) is 2.77. The normalized spacial score (nSPS) is 11.2. The Balaban J connectivity index is 2.04. The number of benzene rings is 3. The molecule has 0 bridgehead atoms. The lowest BCUT2D eigenvalue weighted by Crippen LogP contribution is -2.07. The SMILES string of the molecule is CCc1ccccc1NN=C(c1ccccc1)c1ccc(OC)cc1O. The summed E-state index contributed by atoms with van der Waals surface area (Å²) < 4.78 is 5.18. The highest BCUT2D eigenvalue weighted by atomic mass is 16.5. The zero-order valence-electron chi connectivity index (χ0n) is 14.9. The highest BCUT2D eigenvalue weighted by Crippen LogP contribution is 2.26. The topological polar surface area (TPSA) is 53.9 Å². The van der Waals surface area contributed by atoms with Gasteiger partial charge >= 0.3 is 0 Å². The highest BCUT2D eigenvalue weighted by Gasteiger charge is 2.13. The minimum atomic E-state index is 0.123. The number of nitrogens with one attached hydrogen (secondary N) is 1. The third-order valence-corrected chi connectivity index (χ3v) is 4.19. The summed E-state index contributed by atoms with van der Waals surface area (Å²) in [5, 5.41) is 15.1. The van der Waals surface area contributed by atoms with Gasteiger partial charge in [-0.25, -0.2) is 0 Å². The van der Waals surface area contributed by atoms with E-state index in [9.17, 15) is 5.11 Å². The van der Waals surface area contributed by atoms with Crippen molar-refractivity contribution in [3.63, 3.8) is 0 Å². The van der Waals surface area contributed by atoms with Crippen molar-refractivity contribution in [1.82, 2.24) is 0 Å². The van der Waals surface area contributed by atoms with Crippen LogP contribution < -0.4 is 10.2 Å². The van der Waals surface area contributed by atoms with E-state index in [0.717, 1.165) is 17.7 Å². The first-order valence-electron chi connectivity index (χ1n) is 8.57. The van der Waals surface area contributed by atoms with Gasteiger partial charge in [0.2, 0.25) is 0 Å². The molecule has 0 saturated heterocycles. The standard InChI is InChI=1S/C22H22N2O2/c1-3-16-9-7-8-12-20(16)23-24-22(17-10-5-4-6-11-17)19-14-13-18(26-2)15-21(19)25/h4-15,23,25H,3H2,1-2H3. The number of aryl methyl sites for hydroxylation is 1. The summed E-state index contributed by atoms with van der Waals surface area (Å²) in [4.78, 5) is 0. The number of hydrazone groups is 1. The molecule has 0 atom stereocenters.